The van der Waals surface area contributed by atoms with Gasteiger partial charge in [0.2, 0.25) is 0 Å². The summed E-state index contributed by atoms with van der Waals surface area (Å²) in [7, 11) is -3.36. The molecule has 1 saturated heterocycles. The molecule has 1 aromatic carbocycles. The molecule has 3 rings (SSSR count). The molecule has 1 aliphatic rings. The van der Waals surface area contributed by atoms with Gasteiger partial charge in [-0.15, -0.1) is 35.3 Å². The maximum absolute atomic E-state index is 12.5. The Labute approximate surface area is 175 Å². The maximum atomic E-state index is 12.5. The van der Waals surface area contributed by atoms with Crippen molar-refractivity contribution in [2.45, 2.75) is 17.6 Å². The van der Waals surface area contributed by atoms with E-state index in [1.54, 1.807) is 21.8 Å². The number of aliphatic imine (C=N–C) groups is 1. The Morgan fingerprint density at radius 2 is 2.19 bits per heavy atom. The molecule has 0 spiro atoms. The number of hydrogen-bond acceptors (Lipinski definition) is 4. The number of thiophene rings is 1. The average molecular weight is 506 g/mol. The third-order valence-electron chi connectivity index (χ3n) is 4.15. The molecule has 6 nitrogen and oxygen atoms in total. The smallest absolute Gasteiger partial charge is 0.252 e. The highest BCUT2D eigenvalue weighted by Gasteiger charge is 2.32. The first-order valence-corrected chi connectivity index (χ1v) is 10.4. The maximum Gasteiger partial charge on any atom is 0.252 e. The van der Waals surface area contributed by atoms with Gasteiger partial charge in [-0.05, 0) is 48.4 Å². The minimum Gasteiger partial charge on any atom is -0.370 e. The number of aryl methyl sites for hydroxylation is 1. The van der Waals surface area contributed by atoms with Gasteiger partial charge >= 0.3 is 0 Å². The predicted molar refractivity (Wildman–Crippen MR) is 118 cm³/mol. The quantitative estimate of drug-likeness (QED) is 0.371. The van der Waals surface area contributed by atoms with E-state index in [-0.39, 0.29) is 29.9 Å². The lowest BCUT2D eigenvalue weighted by molar-refractivity contribution is 0.461. The molecule has 2 aromatic rings. The van der Waals surface area contributed by atoms with Crippen molar-refractivity contribution < 1.29 is 8.42 Å². The summed E-state index contributed by atoms with van der Waals surface area (Å²) < 4.78 is 27.0. The summed E-state index contributed by atoms with van der Waals surface area (Å²) in [6.07, 6.45) is 0.797. The molecule has 0 bridgehead atoms. The van der Waals surface area contributed by atoms with Crippen molar-refractivity contribution in [1.82, 2.24) is 4.31 Å². The molecule has 0 aliphatic carbocycles. The summed E-state index contributed by atoms with van der Waals surface area (Å²) in [5, 5.41) is 4.85. The zero-order chi connectivity index (χ0) is 17.9. The van der Waals surface area contributed by atoms with Crippen molar-refractivity contribution in [2.24, 2.45) is 16.6 Å². The van der Waals surface area contributed by atoms with E-state index in [1.165, 1.54) is 11.3 Å². The van der Waals surface area contributed by atoms with Crippen molar-refractivity contribution in [3.8, 4) is 0 Å². The van der Waals surface area contributed by atoms with Crippen LogP contribution in [0.3, 0.4) is 0 Å². The van der Waals surface area contributed by atoms with E-state index in [9.17, 15) is 8.42 Å². The highest BCUT2D eigenvalue weighted by molar-refractivity contribution is 14.0. The van der Waals surface area contributed by atoms with Crippen molar-refractivity contribution in [1.29, 1.82) is 0 Å². The van der Waals surface area contributed by atoms with Gasteiger partial charge in [0, 0.05) is 25.3 Å². The van der Waals surface area contributed by atoms with Crippen LogP contribution in [-0.2, 0) is 10.0 Å². The van der Waals surface area contributed by atoms with Crippen molar-refractivity contribution >= 4 is 57.0 Å². The first-order valence-electron chi connectivity index (χ1n) is 8.12. The summed E-state index contributed by atoms with van der Waals surface area (Å²) in [5.41, 5.74) is 7.98. The molecular formula is C17H23IN4O2S2. The average Bonchev–Trinajstić information content (AvgIpc) is 3.25. The van der Waals surface area contributed by atoms with Gasteiger partial charge in [-0.2, -0.15) is 4.31 Å². The SMILES string of the molecule is Cc1cccc(NC(N)=NCC2CCN(S(=O)(=O)c3cccs3)C2)c1.I. The van der Waals surface area contributed by atoms with Crippen LogP contribution in [-0.4, -0.2) is 38.3 Å². The van der Waals surface area contributed by atoms with E-state index in [0.717, 1.165) is 17.7 Å². The topological polar surface area (TPSA) is 87.8 Å². The molecule has 2 heterocycles. The summed E-state index contributed by atoms with van der Waals surface area (Å²) in [6.45, 7) is 3.55. The van der Waals surface area contributed by atoms with Crippen LogP contribution in [0.2, 0.25) is 0 Å². The summed E-state index contributed by atoms with van der Waals surface area (Å²) in [4.78, 5) is 4.37. The Kier molecular flexibility index (Phi) is 7.44. The van der Waals surface area contributed by atoms with Crippen LogP contribution in [0, 0.1) is 12.8 Å². The molecule has 3 N–H and O–H groups in total. The predicted octanol–water partition coefficient (Wildman–Crippen LogP) is 3.11. The number of sulfonamides is 1. The lowest BCUT2D eigenvalue weighted by Crippen LogP contribution is -2.29. The monoisotopic (exact) mass is 506 g/mol. The second-order valence-electron chi connectivity index (χ2n) is 6.17. The van der Waals surface area contributed by atoms with E-state index in [2.05, 4.69) is 10.3 Å². The normalized spacial score (nSPS) is 18.5. The van der Waals surface area contributed by atoms with Gasteiger partial charge < -0.3 is 11.1 Å². The van der Waals surface area contributed by atoms with E-state index in [4.69, 9.17) is 5.73 Å². The Bertz CT molecular complexity index is 853. The Hall–Kier alpha value is -1.17. The van der Waals surface area contributed by atoms with Crippen LogP contribution in [0.15, 0.2) is 51.0 Å². The highest BCUT2D eigenvalue weighted by Crippen LogP contribution is 2.27. The fraction of sp³-hybridized carbons (Fsp3) is 0.353. The molecule has 9 heteroatoms. The summed E-state index contributed by atoms with van der Waals surface area (Å²) >= 11 is 1.25. The van der Waals surface area contributed by atoms with Gasteiger partial charge in [-0.3, -0.25) is 4.99 Å². The Morgan fingerprint density at radius 1 is 1.38 bits per heavy atom. The lowest BCUT2D eigenvalue weighted by atomic mass is 10.1. The lowest BCUT2D eigenvalue weighted by Gasteiger charge is -2.15. The summed E-state index contributed by atoms with van der Waals surface area (Å²) in [6, 6.07) is 11.3. The second kappa shape index (κ2) is 9.16. The van der Waals surface area contributed by atoms with Gasteiger partial charge in [-0.1, -0.05) is 18.2 Å². The number of nitrogens with two attached hydrogens (primary N) is 1. The second-order valence-corrected chi connectivity index (χ2v) is 9.28. The molecule has 0 saturated carbocycles. The summed E-state index contributed by atoms with van der Waals surface area (Å²) in [5.74, 6) is 0.540. The largest absolute Gasteiger partial charge is 0.370 e. The Balaban J connectivity index is 0.00000243. The van der Waals surface area contributed by atoms with Crippen LogP contribution in [0.1, 0.15) is 12.0 Å². The molecule has 1 atom stereocenters. The molecule has 1 aromatic heterocycles. The number of guanidine groups is 1. The molecule has 142 valence electrons. The van der Waals surface area contributed by atoms with Crippen LogP contribution in [0.25, 0.3) is 0 Å². The molecule has 0 radical (unpaired) electrons. The zero-order valence-electron chi connectivity index (χ0n) is 14.5. The highest BCUT2D eigenvalue weighted by atomic mass is 127. The van der Waals surface area contributed by atoms with Gasteiger partial charge in [0.25, 0.3) is 10.0 Å². The van der Waals surface area contributed by atoms with E-state index < -0.39 is 10.0 Å². The van der Waals surface area contributed by atoms with E-state index in [1.807, 2.05) is 31.2 Å². The van der Waals surface area contributed by atoms with Crippen molar-refractivity contribution in [3.05, 3.63) is 47.3 Å². The first-order chi connectivity index (χ1) is 11.9. The number of hydrogen-bond donors (Lipinski definition) is 2. The minimum absolute atomic E-state index is 0. The number of nitrogens with one attached hydrogen (secondary N) is 1. The van der Waals surface area contributed by atoms with Gasteiger partial charge in [0.15, 0.2) is 5.96 Å². The molecule has 1 unspecified atom stereocenters. The first kappa shape index (κ1) is 21.1. The van der Waals surface area contributed by atoms with Crippen molar-refractivity contribution in [3.63, 3.8) is 0 Å². The number of benzene rings is 1. The van der Waals surface area contributed by atoms with Crippen LogP contribution >= 0.6 is 35.3 Å². The van der Waals surface area contributed by atoms with Gasteiger partial charge in [0.05, 0.1) is 0 Å². The Morgan fingerprint density at radius 3 is 2.88 bits per heavy atom. The third-order valence-corrected chi connectivity index (χ3v) is 7.39. The van der Waals surface area contributed by atoms with Gasteiger partial charge in [-0.25, -0.2) is 8.42 Å². The van der Waals surface area contributed by atoms with Crippen LogP contribution in [0.5, 0.6) is 0 Å². The van der Waals surface area contributed by atoms with Crippen LogP contribution < -0.4 is 11.1 Å². The van der Waals surface area contributed by atoms with Gasteiger partial charge in [0.1, 0.15) is 4.21 Å². The molecule has 0 amide bonds. The third kappa shape index (κ3) is 5.18. The molecular weight excluding hydrogens is 483 g/mol. The molecule has 1 fully saturated rings. The zero-order valence-corrected chi connectivity index (χ0v) is 18.4. The molecule has 26 heavy (non-hydrogen) atoms. The number of halogens is 1. The standard InChI is InChI=1S/C17H22N4O2S2.HI/c1-13-4-2-5-15(10-13)20-17(18)19-11-14-7-8-21(12-14)25(22,23)16-6-3-9-24-16;/h2-6,9-10,14H,7-8,11-12H2,1H3,(H3,18,19,20);1H. The molecule has 1 aliphatic heterocycles. The van der Waals surface area contributed by atoms with E-state index in [0.29, 0.717) is 29.8 Å². The number of nitrogens with zero attached hydrogens (tertiary/aromatic N) is 2. The minimum atomic E-state index is -3.36. The van der Waals surface area contributed by atoms with Crippen LogP contribution in [0.4, 0.5) is 5.69 Å². The number of anilines is 1. The number of rotatable bonds is 5. The van der Waals surface area contributed by atoms with E-state index >= 15 is 0 Å². The fourth-order valence-corrected chi connectivity index (χ4v) is 5.52. The van der Waals surface area contributed by atoms with Crippen molar-refractivity contribution in [2.75, 3.05) is 25.0 Å². The fourth-order valence-electron chi connectivity index (χ4n) is 2.84.